The molecule has 2 atom stereocenters. The molecule has 1 fully saturated rings. The van der Waals surface area contributed by atoms with Crippen LogP contribution < -0.4 is 5.32 Å². The van der Waals surface area contributed by atoms with E-state index in [1.165, 1.54) is 25.7 Å². The van der Waals surface area contributed by atoms with Crippen LogP contribution in [0.3, 0.4) is 0 Å². The van der Waals surface area contributed by atoms with Crippen molar-refractivity contribution in [2.45, 2.75) is 57.9 Å². The Hall–Kier alpha value is -0.570. The van der Waals surface area contributed by atoms with Crippen LogP contribution in [0.5, 0.6) is 0 Å². The molecule has 0 saturated heterocycles. The van der Waals surface area contributed by atoms with E-state index in [0.717, 1.165) is 25.8 Å². The van der Waals surface area contributed by atoms with Crippen LogP contribution in [0.25, 0.3) is 0 Å². The quantitative estimate of drug-likeness (QED) is 0.666. The number of carbonyl (C=O) groups is 1. The summed E-state index contributed by atoms with van der Waals surface area (Å²) in [6, 6.07) is 0.216. The number of hydrogen-bond acceptors (Lipinski definition) is 2. The second kappa shape index (κ2) is 6.83. The molecule has 88 valence electrons. The molecular formula is C12H23NO2. The summed E-state index contributed by atoms with van der Waals surface area (Å²) >= 11 is 0. The van der Waals surface area contributed by atoms with Gasteiger partial charge in [-0.3, -0.25) is 4.79 Å². The van der Waals surface area contributed by atoms with Crippen LogP contribution in [0.4, 0.5) is 0 Å². The highest BCUT2D eigenvalue weighted by molar-refractivity contribution is 5.71. The Bertz CT molecular complexity index is 194. The molecule has 0 spiro atoms. The van der Waals surface area contributed by atoms with Gasteiger partial charge in [-0.25, -0.2) is 0 Å². The summed E-state index contributed by atoms with van der Waals surface area (Å²) in [4.78, 5) is 11.0. The Labute approximate surface area is 92.3 Å². The summed E-state index contributed by atoms with van der Waals surface area (Å²) in [6.07, 6.45) is 7.74. The first-order valence-electron chi connectivity index (χ1n) is 6.22. The standard InChI is InChI=1S/C12H23NO2/c1-2-3-6-9-13-11-8-5-4-7-10(11)12(14)15/h10-11,13H,2-9H2,1H3,(H,14,15). The van der Waals surface area contributed by atoms with Gasteiger partial charge in [0.1, 0.15) is 0 Å². The maximum Gasteiger partial charge on any atom is 0.308 e. The average Bonchev–Trinajstić information content (AvgIpc) is 2.25. The van der Waals surface area contributed by atoms with Crippen molar-refractivity contribution in [3.63, 3.8) is 0 Å². The summed E-state index contributed by atoms with van der Waals surface area (Å²) in [7, 11) is 0. The topological polar surface area (TPSA) is 49.3 Å². The highest BCUT2D eigenvalue weighted by Gasteiger charge is 2.29. The summed E-state index contributed by atoms with van der Waals surface area (Å²) in [5.74, 6) is -0.775. The van der Waals surface area contributed by atoms with Crippen molar-refractivity contribution < 1.29 is 9.90 Å². The third-order valence-electron chi connectivity index (χ3n) is 3.27. The summed E-state index contributed by atoms with van der Waals surface area (Å²) in [5, 5.41) is 12.5. The molecule has 0 radical (unpaired) electrons. The van der Waals surface area contributed by atoms with Gasteiger partial charge in [0.05, 0.1) is 5.92 Å². The van der Waals surface area contributed by atoms with E-state index in [9.17, 15) is 4.79 Å². The Kier molecular flexibility index (Phi) is 5.69. The van der Waals surface area contributed by atoms with Crippen LogP contribution >= 0.6 is 0 Å². The number of carboxylic acids is 1. The van der Waals surface area contributed by atoms with E-state index in [4.69, 9.17) is 5.11 Å². The van der Waals surface area contributed by atoms with Gasteiger partial charge in [-0.05, 0) is 25.8 Å². The summed E-state index contributed by atoms with van der Waals surface area (Å²) in [6.45, 7) is 3.16. The lowest BCUT2D eigenvalue weighted by Crippen LogP contribution is -2.42. The van der Waals surface area contributed by atoms with E-state index < -0.39 is 5.97 Å². The van der Waals surface area contributed by atoms with Gasteiger partial charge in [0.15, 0.2) is 0 Å². The zero-order valence-corrected chi connectivity index (χ0v) is 9.67. The molecule has 0 aromatic carbocycles. The van der Waals surface area contributed by atoms with E-state index in [2.05, 4.69) is 12.2 Å². The Morgan fingerprint density at radius 1 is 1.33 bits per heavy atom. The maximum absolute atomic E-state index is 11.0. The highest BCUT2D eigenvalue weighted by atomic mass is 16.4. The van der Waals surface area contributed by atoms with E-state index >= 15 is 0 Å². The van der Waals surface area contributed by atoms with Crippen LogP contribution in [0.2, 0.25) is 0 Å². The molecule has 3 nitrogen and oxygen atoms in total. The van der Waals surface area contributed by atoms with Crippen LogP contribution in [-0.4, -0.2) is 23.7 Å². The minimum Gasteiger partial charge on any atom is -0.481 e. The lowest BCUT2D eigenvalue weighted by molar-refractivity contribution is -0.143. The number of nitrogens with one attached hydrogen (secondary N) is 1. The van der Waals surface area contributed by atoms with Gasteiger partial charge in [0.2, 0.25) is 0 Å². The Morgan fingerprint density at radius 2 is 2.07 bits per heavy atom. The van der Waals surface area contributed by atoms with Crippen molar-refractivity contribution in [1.29, 1.82) is 0 Å². The first-order valence-corrected chi connectivity index (χ1v) is 6.22. The molecule has 3 heteroatoms. The summed E-state index contributed by atoms with van der Waals surface area (Å²) < 4.78 is 0. The molecule has 1 saturated carbocycles. The van der Waals surface area contributed by atoms with Crippen molar-refractivity contribution in [2.24, 2.45) is 5.92 Å². The van der Waals surface area contributed by atoms with Crippen molar-refractivity contribution in [3.05, 3.63) is 0 Å². The van der Waals surface area contributed by atoms with Gasteiger partial charge in [-0.2, -0.15) is 0 Å². The van der Waals surface area contributed by atoms with Gasteiger partial charge in [0.25, 0.3) is 0 Å². The van der Waals surface area contributed by atoms with E-state index in [1.807, 2.05) is 0 Å². The number of hydrogen-bond donors (Lipinski definition) is 2. The number of carboxylic acid groups (broad SMARTS) is 1. The minimum atomic E-state index is -0.623. The molecule has 0 heterocycles. The van der Waals surface area contributed by atoms with E-state index in [-0.39, 0.29) is 12.0 Å². The Balaban J connectivity index is 2.26. The fourth-order valence-corrected chi connectivity index (χ4v) is 2.33. The highest BCUT2D eigenvalue weighted by Crippen LogP contribution is 2.24. The third-order valence-corrected chi connectivity index (χ3v) is 3.27. The number of rotatable bonds is 6. The molecule has 2 unspecified atom stereocenters. The largest absolute Gasteiger partial charge is 0.481 e. The lowest BCUT2D eigenvalue weighted by Gasteiger charge is -2.29. The predicted octanol–water partition coefficient (Wildman–Crippen LogP) is 2.41. The monoisotopic (exact) mass is 213 g/mol. The van der Waals surface area contributed by atoms with Gasteiger partial charge in [-0.15, -0.1) is 0 Å². The molecule has 1 aliphatic rings. The van der Waals surface area contributed by atoms with Crippen molar-refractivity contribution in [1.82, 2.24) is 5.32 Å². The lowest BCUT2D eigenvalue weighted by atomic mass is 9.84. The van der Waals surface area contributed by atoms with Crippen LogP contribution in [0.1, 0.15) is 51.9 Å². The molecule has 1 aliphatic carbocycles. The molecular weight excluding hydrogens is 190 g/mol. The third kappa shape index (κ3) is 4.20. The fourth-order valence-electron chi connectivity index (χ4n) is 2.33. The first-order chi connectivity index (χ1) is 7.25. The first kappa shape index (κ1) is 12.5. The van der Waals surface area contributed by atoms with E-state index in [1.54, 1.807) is 0 Å². The van der Waals surface area contributed by atoms with Gasteiger partial charge < -0.3 is 10.4 Å². The second-order valence-corrected chi connectivity index (χ2v) is 4.50. The maximum atomic E-state index is 11.0. The van der Waals surface area contributed by atoms with Crippen LogP contribution in [0.15, 0.2) is 0 Å². The molecule has 2 N–H and O–H groups in total. The van der Waals surface area contributed by atoms with Crippen molar-refractivity contribution in [2.75, 3.05) is 6.54 Å². The van der Waals surface area contributed by atoms with Crippen LogP contribution in [0, 0.1) is 5.92 Å². The van der Waals surface area contributed by atoms with Gasteiger partial charge in [0, 0.05) is 6.04 Å². The minimum absolute atomic E-state index is 0.152. The fraction of sp³-hybridized carbons (Fsp3) is 0.917. The predicted molar refractivity (Wildman–Crippen MR) is 60.9 cm³/mol. The smallest absolute Gasteiger partial charge is 0.308 e. The zero-order chi connectivity index (χ0) is 11.1. The summed E-state index contributed by atoms with van der Waals surface area (Å²) in [5.41, 5.74) is 0. The number of aliphatic carboxylic acids is 1. The van der Waals surface area contributed by atoms with Crippen molar-refractivity contribution >= 4 is 5.97 Å². The normalized spacial score (nSPS) is 26.5. The molecule has 1 rings (SSSR count). The van der Waals surface area contributed by atoms with Crippen molar-refractivity contribution in [3.8, 4) is 0 Å². The second-order valence-electron chi connectivity index (χ2n) is 4.50. The SMILES string of the molecule is CCCCCNC1CCCCC1C(=O)O. The zero-order valence-electron chi connectivity index (χ0n) is 9.67. The molecule has 15 heavy (non-hydrogen) atoms. The van der Waals surface area contributed by atoms with E-state index in [0.29, 0.717) is 0 Å². The molecule has 0 amide bonds. The van der Waals surface area contributed by atoms with Crippen LogP contribution in [-0.2, 0) is 4.79 Å². The average molecular weight is 213 g/mol. The number of unbranched alkanes of at least 4 members (excludes halogenated alkanes) is 2. The molecule has 0 aliphatic heterocycles. The van der Waals surface area contributed by atoms with Gasteiger partial charge in [-0.1, -0.05) is 32.6 Å². The molecule has 0 bridgehead atoms. The van der Waals surface area contributed by atoms with Gasteiger partial charge >= 0.3 is 5.97 Å². The molecule has 0 aromatic heterocycles. The molecule has 0 aromatic rings. The Morgan fingerprint density at radius 3 is 2.73 bits per heavy atom.